The van der Waals surface area contributed by atoms with Gasteiger partial charge in [0.2, 0.25) is 5.91 Å². The molecule has 3 N–H and O–H groups in total. The summed E-state index contributed by atoms with van der Waals surface area (Å²) in [6, 6.07) is -0.192. The van der Waals surface area contributed by atoms with Crippen molar-refractivity contribution in [1.29, 1.82) is 0 Å². The molecule has 0 aromatic heterocycles. The minimum atomic E-state index is -0.737. The van der Waals surface area contributed by atoms with Crippen molar-refractivity contribution in [1.82, 2.24) is 4.90 Å². The van der Waals surface area contributed by atoms with E-state index in [9.17, 15) is 9.90 Å². The van der Waals surface area contributed by atoms with E-state index in [1.54, 1.807) is 11.8 Å². The van der Waals surface area contributed by atoms with E-state index in [4.69, 9.17) is 10.5 Å². The van der Waals surface area contributed by atoms with E-state index in [-0.39, 0.29) is 17.9 Å². The average molecular weight is 214 g/mol. The van der Waals surface area contributed by atoms with Crippen LogP contribution < -0.4 is 5.73 Å². The van der Waals surface area contributed by atoms with Crippen LogP contribution in [0.25, 0.3) is 0 Å². The molecule has 2 aliphatic rings. The van der Waals surface area contributed by atoms with Crippen molar-refractivity contribution in [2.75, 3.05) is 26.3 Å². The Morgan fingerprint density at radius 1 is 1.60 bits per heavy atom. The van der Waals surface area contributed by atoms with Crippen LogP contribution in [0.2, 0.25) is 0 Å². The average Bonchev–Trinajstić information content (AvgIpc) is 2.71. The number of nitrogens with two attached hydrogens (primary N) is 1. The van der Waals surface area contributed by atoms with E-state index in [1.165, 1.54) is 0 Å². The van der Waals surface area contributed by atoms with Crippen molar-refractivity contribution in [2.24, 2.45) is 11.7 Å². The molecule has 2 heterocycles. The molecule has 0 aromatic carbocycles. The lowest BCUT2D eigenvalue weighted by molar-refractivity contribution is -0.135. The minimum absolute atomic E-state index is 0.0257. The first-order valence-corrected chi connectivity index (χ1v) is 5.34. The van der Waals surface area contributed by atoms with Crippen LogP contribution in [-0.4, -0.2) is 53.9 Å². The normalized spacial score (nSPS) is 41.1. The highest BCUT2D eigenvalue weighted by molar-refractivity contribution is 5.80. The van der Waals surface area contributed by atoms with Crippen LogP contribution in [0.1, 0.15) is 13.3 Å². The van der Waals surface area contributed by atoms with Crippen LogP contribution in [0, 0.1) is 5.92 Å². The van der Waals surface area contributed by atoms with Crippen molar-refractivity contribution in [3.05, 3.63) is 0 Å². The van der Waals surface area contributed by atoms with Gasteiger partial charge in [-0.2, -0.15) is 0 Å². The molecule has 15 heavy (non-hydrogen) atoms. The monoisotopic (exact) mass is 214 g/mol. The first-order valence-electron chi connectivity index (χ1n) is 5.34. The summed E-state index contributed by atoms with van der Waals surface area (Å²) in [4.78, 5) is 13.7. The summed E-state index contributed by atoms with van der Waals surface area (Å²) >= 11 is 0. The van der Waals surface area contributed by atoms with Gasteiger partial charge in [-0.3, -0.25) is 4.79 Å². The van der Waals surface area contributed by atoms with E-state index < -0.39 is 5.60 Å². The molecule has 2 rings (SSSR count). The van der Waals surface area contributed by atoms with Gasteiger partial charge in [0.25, 0.3) is 0 Å². The maximum Gasteiger partial charge on any atom is 0.229 e. The molecule has 0 saturated carbocycles. The molecule has 0 spiro atoms. The number of carbonyl (C=O) groups is 1. The summed E-state index contributed by atoms with van der Waals surface area (Å²) in [5, 5.41) is 9.77. The standard InChI is InChI=1S/C10H18N2O3/c1-10(14)2-3-12(6-10)9(13)7-4-15-5-8(7)11/h7-8,14H,2-6,11H2,1H3. The van der Waals surface area contributed by atoms with Gasteiger partial charge in [-0.1, -0.05) is 0 Å². The zero-order valence-corrected chi connectivity index (χ0v) is 8.98. The number of nitrogens with zero attached hydrogens (tertiary/aromatic N) is 1. The molecule has 3 unspecified atom stereocenters. The summed E-state index contributed by atoms with van der Waals surface area (Å²) in [5.41, 5.74) is 5.04. The minimum Gasteiger partial charge on any atom is -0.388 e. The van der Waals surface area contributed by atoms with Gasteiger partial charge in [-0.05, 0) is 13.3 Å². The smallest absolute Gasteiger partial charge is 0.229 e. The zero-order valence-electron chi connectivity index (χ0n) is 8.98. The maximum atomic E-state index is 12.0. The number of carbonyl (C=O) groups excluding carboxylic acids is 1. The Morgan fingerprint density at radius 2 is 2.33 bits per heavy atom. The summed E-state index contributed by atoms with van der Waals surface area (Å²) in [6.07, 6.45) is 0.640. The molecule has 2 fully saturated rings. The number of ether oxygens (including phenoxy) is 1. The molecule has 1 amide bonds. The Hall–Kier alpha value is -0.650. The highest BCUT2D eigenvalue weighted by Gasteiger charge is 2.40. The van der Waals surface area contributed by atoms with Gasteiger partial charge >= 0.3 is 0 Å². The van der Waals surface area contributed by atoms with Crippen molar-refractivity contribution in [2.45, 2.75) is 25.0 Å². The van der Waals surface area contributed by atoms with Gasteiger partial charge in [-0.15, -0.1) is 0 Å². The summed E-state index contributed by atoms with van der Waals surface area (Å²) in [7, 11) is 0. The molecule has 2 aliphatic heterocycles. The van der Waals surface area contributed by atoms with Gasteiger partial charge in [0, 0.05) is 19.1 Å². The number of aliphatic hydroxyl groups is 1. The van der Waals surface area contributed by atoms with Crippen LogP contribution >= 0.6 is 0 Å². The van der Waals surface area contributed by atoms with E-state index in [0.717, 1.165) is 0 Å². The predicted octanol–water partition coefficient (Wildman–Crippen LogP) is -1.06. The molecular formula is C10H18N2O3. The predicted molar refractivity (Wildman–Crippen MR) is 54.1 cm³/mol. The maximum absolute atomic E-state index is 12.0. The highest BCUT2D eigenvalue weighted by atomic mass is 16.5. The Morgan fingerprint density at radius 3 is 2.80 bits per heavy atom. The number of likely N-dealkylation sites (tertiary alicyclic amines) is 1. The Balaban J connectivity index is 1.97. The lowest BCUT2D eigenvalue weighted by Gasteiger charge is -2.23. The Kier molecular flexibility index (Phi) is 2.70. The molecule has 5 nitrogen and oxygen atoms in total. The van der Waals surface area contributed by atoms with Gasteiger partial charge in [0.15, 0.2) is 0 Å². The Labute approximate surface area is 89.2 Å². The number of amides is 1. The molecule has 86 valence electrons. The fraction of sp³-hybridized carbons (Fsp3) is 0.900. The molecule has 2 saturated heterocycles. The van der Waals surface area contributed by atoms with Crippen LogP contribution in [0.15, 0.2) is 0 Å². The SMILES string of the molecule is CC1(O)CCN(C(=O)C2COCC2N)C1. The van der Waals surface area contributed by atoms with Crippen molar-refractivity contribution in [3.8, 4) is 0 Å². The molecule has 3 atom stereocenters. The second-order valence-corrected chi connectivity index (χ2v) is 4.81. The summed E-state index contributed by atoms with van der Waals surface area (Å²) in [5.74, 6) is -0.198. The van der Waals surface area contributed by atoms with Crippen LogP contribution in [0.3, 0.4) is 0 Å². The third-order valence-corrected chi connectivity index (χ3v) is 3.21. The first-order chi connectivity index (χ1) is 6.99. The van der Waals surface area contributed by atoms with Crippen molar-refractivity contribution < 1.29 is 14.6 Å². The zero-order chi connectivity index (χ0) is 11.1. The first kappa shape index (κ1) is 10.9. The van der Waals surface area contributed by atoms with E-state index in [0.29, 0.717) is 32.7 Å². The summed E-state index contributed by atoms with van der Waals surface area (Å²) < 4.78 is 5.17. The molecule has 0 aromatic rings. The third kappa shape index (κ3) is 2.14. The van der Waals surface area contributed by atoms with Gasteiger partial charge in [0.05, 0.1) is 24.7 Å². The lowest BCUT2D eigenvalue weighted by Crippen LogP contribution is -2.43. The molecular weight excluding hydrogens is 196 g/mol. The van der Waals surface area contributed by atoms with Gasteiger partial charge in [-0.25, -0.2) is 0 Å². The van der Waals surface area contributed by atoms with Crippen LogP contribution in [-0.2, 0) is 9.53 Å². The molecule has 0 bridgehead atoms. The number of hydrogen-bond acceptors (Lipinski definition) is 4. The Bertz CT molecular complexity index is 267. The second kappa shape index (κ2) is 3.73. The number of β-amino-alcohol motifs (C(OH)–C–C–N with tert-alkyl or cyclic N) is 1. The third-order valence-electron chi connectivity index (χ3n) is 3.21. The van der Waals surface area contributed by atoms with Crippen molar-refractivity contribution in [3.63, 3.8) is 0 Å². The quantitative estimate of drug-likeness (QED) is 0.583. The number of hydrogen-bond donors (Lipinski definition) is 2. The van der Waals surface area contributed by atoms with Gasteiger partial charge < -0.3 is 20.5 Å². The highest BCUT2D eigenvalue weighted by Crippen LogP contribution is 2.24. The van der Waals surface area contributed by atoms with E-state index >= 15 is 0 Å². The van der Waals surface area contributed by atoms with E-state index in [2.05, 4.69) is 0 Å². The summed E-state index contributed by atoms with van der Waals surface area (Å²) in [6.45, 7) is 3.66. The topological polar surface area (TPSA) is 75.8 Å². The molecule has 5 heteroatoms. The number of rotatable bonds is 1. The van der Waals surface area contributed by atoms with Crippen LogP contribution in [0.4, 0.5) is 0 Å². The lowest BCUT2D eigenvalue weighted by atomic mass is 10.0. The van der Waals surface area contributed by atoms with Crippen LogP contribution in [0.5, 0.6) is 0 Å². The van der Waals surface area contributed by atoms with E-state index in [1.807, 2.05) is 0 Å². The fourth-order valence-electron chi connectivity index (χ4n) is 2.19. The second-order valence-electron chi connectivity index (χ2n) is 4.81. The molecule has 0 radical (unpaired) electrons. The largest absolute Gasteiger partial charge is 0.388 e. The fourth-order valence-corrected chi connectivity index (χ4v) is 2.19. The van der Waals surface area contributed by atoms with Gasteiger partial charge in [0.1, 0.15) is 0 Å². The van der Waals surface area contributed by atoms with Crippen molar-refractivity contribution >= 4 is 5.91 Å². The molecule has 0 aliphatic carbocycles.